The molecule has 0 saturated carbocycles. The third kappa shape index (κ3) is 2.16. The molecular formula is C16H16N4. The molecular weight excluding hydrogens is 248 g/mol. The van der Waals surface area contributed by atoms with Gasteiger partial charge in [0, 0.05) is 18.0 Å². The SMILES string of the molecule is CCN(c1cc(N)ncn1)c1cccc2ccccc12. The molecule has 100 valence electrons. The maximum atomic E-state index is 5.76. The minimum atomic E-state index is 0.480. The Morgan fingerprint density at radius 2 is 1.85 bits per heavy atom. The van der Waals surface area contributed by atoms with Crippen molar-refractivity contribution < 1.29 is 0 Å². The third-order valence-electron chi connectivity index (χ3n) is 3.32. The first-order valence-electron chi connectivity index (χ1n) is 6.62. The summed E-state index contributed by atoms with van der Waals surface area (Å²) in [6.45, 7) is 2.91. The first kappa shape index (κ1) is 12.4. The van der Waals surface area contributed by atoms with E-state index in [2.05, 4.69) is 52.1 Å². The van der Waals surface area contributed by atoms with E-state index in [0.717, 1.165) is 18.1 Å². The minimum absolute atomic E-state index is 0.480. The van der Waals surface area contributed by atoms with Gasteiger partial charge in [-0.05, 0) is 18.4 Å². The fourth-order valence-corrected chi connectivity index (χ4v) is 2.41. The van der Waals surface area contributed by atoms with Crippen LogP contribution in [0.3, 0.4) is 0 Å². The Kier molecular flexibility index (Phi) is 3.21. The highest BCUT2D eigenvalue weighted by molar-refractivity contribution is 5.95. The zero-order valence-electron chi connectivity index (χ0n) is 11.3. The Balaban J connectivity index is 2.17. The second-order valence-corrected chi connectivity index (χ2v) is 4.54. The van der Waals surface area contributed by atoms with Crippen molar-refractivity contribution in [3.63, 3.8) is 0 Å². The molecule has 4 nitrogen and oxygen atoms in total. The summed E-state index contributed by atoms with van der Waals surface area (Å²) in [6, 6.07) is 16.4. The summed E-state index contributed by atoms with van der Waals surface area (Å²) in [5.74, 6) is 1.30. The molecule has 20 heavy (non-hydrogen) atoms. The number of benzene rings is 2. The van der Waals surface area contributed by atoms with Gasteiger partial charge in [-0.2, -0.15) is 0 Å². The summed E-state index contributed by atoms with van der Waals surface area (Å²) in [5, 5.41) is 2.42. The Labute approximate surface area is 117 Å². The zero-order valence-corrected chi connectivity index (χ0v) is 11.3. The molecule has 1 aromatic heterocycles. The van der Waals surface area contributed by atoms with Gasteiger partial charge >= 0.3 is 0 Å². The predicted octanol–water partition coefficient (Wildman–Crippen LogP) is 3.37. The van der Waals surface area contributed by atoms with E-state index in [1.54, 1.807) is 6.07 Å². The Hall–Kier alpha value is -2.62. The van der Waals surface area contributed by atoms with Gasteiger partial charge in [-0.3, -0.25) is 0 Å². The first-order chi connectivity index (χ1) is 9.79. The normalized spacial score (nSPS) is 10.7. The molecule has 0 amide bonds. The summed E-state index contributed by atoms with van der Waals surface area (Å²) < 4.78 is 0. The van der Waals surface area contributed by atoms with Gasteiger partial charge in [0.1, 0.15) is 18.0 Å². The maximum absolute atomic E-state index is 5.76. The van der Waals surface area contributed by atoms with Crippen LogP contribution in [0.1, 0.15) is 6.92 Å². The van der Waals surface area contributed by atoms with Crippen LogP contribution in [0.5, 0.6) is 0 Å². The average molecular weight is 264 g/mol. The Morgan fingerprint density at radius 1 is 1.05 bits per heavy atom. The van der Waals surface area contributed by atoms with Crippen molar-refractivity contribution in [3.8, 4) is 0 Å². The monoisotopic (exact) mass is 264 g/mol. The zero-order chi connectivity index (χ0) is 13.9. The molecule has 2 aromatic carbocycles. The molecule has 3 aromatic rings. The van der Waals surface area contributed by atoms with Gasteiger partial charge in [0.25, 0.3) is 0 Å². The molecule has 0 saturated heterocycles. The van der Waals surface area contributed by atoms with Crippen molar-refractivity contribution in [1.29, 1.82) is 0 Å². The van der Waals surface area contributed by atoms with Gasteiger partial charge in [-0.15, -0.1) is 0 Å². The number of hydrogen-bond donors (Lipinski definition) is 1. The topological polar surface area (TPSA) is 55.0 Å². The highest BCUT2D eigenvalue weighted by Crippen LogP contribution is 2.31. The molecule has 3 rings (SSSR count). The number of nitrogens with two attached hydrogens (primary N) is 1. The molecule has 1 heterocycles. The van der Waals surface area contributed by atoms with E-state index in [0.29, 0.717) is 5.82 Å². The fraction of sp³-hybridized carbons (Fsp3) is 0.125. The lowest BCUT2D eigenvalue weighted by Gasteiger charge is -2.23. The van der Waals surface area contributed by atoms with Crippen LogP contribution in [0.15, 0.2) is 54.9 Å². The Bertz CT molecular complexity index is 734. The van der Waals surface area contributed by atoms with E-state index >= 15 is 0 Å². The smallest absolute Gasteiger partial charge is 0.138 e. The van der Waals surface area contributed by atoms with Crippen LogP contribution in [-0.2, 0) is 0 Å². The van der Waals surface area contributed by atoms with Crippen molar-refractivity contribution in [3.05, 3.63) is 54.9 Å². The van der Waals surface area contributed by atoms with E-state index in [4.69, 9.17) is 5.73 Å². The van der Waals surface area contributed by atoms with Gasteiger partial charge in [0.2, 0.25) is 0 Å². The van der Waals surface area contributed by atoms with Crippen LogP contribution in [0, 0.1) is 0 Å². The van der Waals surface area contributed by atoms with Crippen molar-refractivity contribution in [2.45, 2.75) is 6.92 Å². The molecule has 0 unspecified atom stereocenters. The number of anilines is 3. The van der Waals surface area contributed by atoms with E-state index in [-0.39, 0.29) is 0 Å². The summed E-state index contributed by atoms with van der Waals surface area (Å²) >= 11 is 0. The summed E-state index contributed by atoms with van der Waals surface area (Å²) in [6.07, 6.45) is 1.50. The number of nitrogens with zero attached hydrogens (tertiary/aromatic N) is 3. The van der Waals surface area contributed by atoms with Crippen molar-refractivity contribution in [1.82, 2.24) is 9.97 Å². The Morgan fingerprint density at radius 3 is 2.65 bits per heavy atom. The molecule has 4 heteroatoms. The van der Waals surface area contributed by atoms with Crippen LogP contribution in [0.25, 0.3) is 10.8 Å². The molecule has 0 aliphatic heterocycles. The van der Waals surface area contributed by atoms with Gasteiger partial charge < -0.3 is 10.6 Å². The second-order valence-electron chi connectivity index (χ2n) is 4.54. The third-order valence-corrected chi connectivity index (χ3v) is 3.32. The minimum Gasteiger partial charge on any atom is -0.384 e. The number of fused-ring (bicyclic) bond motifs is 1. The number of hydrogen-bond acceptors (Lipinski definition) is 4. The number of rotatable bonds is 3. The van der Waals surface area contributed by atoms with E-state index < -0.39 is 0 Å². The molecule has 2 N–H and O–H groups in total. The lowest BCUT2D eigenvalue weighted by atomic mass is 10.1. The molecule has 0 aliphatic carbocycles. The predicted molar refractivity (Wildman–Crippen MR) is 83.1 cm³/mol. The average Bonchev–Trinajstić information content (AvgIpc) is 2.48. The first-order valence-corrected chi connectivity index (χ1v) is 6.62. The fourth-order valence-electron chi connectivity index (χ4n) is 2.41. The van der Waals surface area contributed by atoms with Crippen LogP contribution in [0.2, 0.25) is 0 Å². The summed E-state index contributed by atoms with van der Waals surface area (Å²) in [7, 11) is 0. The molecule has 0 atom stereocenters. The number of aromatic nitrogens is 2. The quantitative estimate of drug-likeness (QED) is 0.788. The van der Waals surface area contributed by atoms with E-state index in [1.165, 1.54) is 17.1 Å². The summed E-state index contributed by atoms with van der Waals surface area (Å²) in [5.41, 5.74) is 6.89. The lowest BCUT2D eigenvalue weighted by Crippen LogP contribution is -2.18. The van der Waals surface area contributed by atoms with Gasteiger partial charge in [0.15, 0.2) is 0 Å². The lowest BCUT2D eigenvalue weighted by molar-refractivity contribution is 0.983. The standard InChI is InChI=1S/C16H16N4/c1-2-20(16-10-15(17)18-11-19-16)14-9-5-7-12-6-3-4-8-13(12)14/h3-11H,2H2,1H3,(H2,17,18,19). The molecule has 0 bridgehead atoms. The van der Waals surface area contributed by atoms with Gasteiger partial charge in [-0.25, -0.2) is 9.97 Å². The molecule has 0 radical (unpaired) electrons. The molecule has 0 fully saturated rings. The van der Waals surface area contributed by atoms with Crippen LogP contribution in [-0.4, -0.2) is 16.5 Å². The summed E-state index contributed by atoms with van der Waals surface area (Å²) in [4.78, 5) is 10.4. The van der Waals surface area contributed by atoms with E-state index in [9.17, 15) is 0 Å². The largest absolute Gasteiger partial charge is 0.384 e. The highest BCUT2D eigenvalue weighted by Gasteiger charge is 2.11. The second kappa shape index (κ2) is 5.17. The number of nitrogen functional groups attached to an aromatic ring is 1. The highest BCUT2D eigenvalue weighted by atomic mass is 15.2. The van der Waals surface area contributed by atoms with Gasteiger partial charge in [0.05, 0.1) is 5.69 Å². The van der Waals surface area contributed by atoms with Gasteiger partial charge in [-0.1, -0.05) is 36.4 Å². The molecule has 0 aliphatic rings. The van der Waals surface area contributed by atoms with Crippen LogP contribution >= 0.6 is 0 Å². The van der Waals surface area contributed by atoms with Crippen molar-refractivity contribution in [2.24, 2.45) is 0 Å². The van der Waals surface area contributed by atoms with Crippen molar-refractivity contribution >= 4 is 28.1 Å². The van der Waals surface area contributed by atoms with Crippen molar-refractivity contribution in [2.75, 3.05) is 17.2 Å². The van der Waals surface area contributed by atoms with Crippen LogP contribution < -0.4 is 10.6 Å². The van der Waals surface area contributed by atoms with Crippen LogP contribution in [0.4, 0.5) is 17.3 Å². The molecule has 0 spiro atoms. The maximum Gasteiger partial charge on any atom is 0.138 e. The van der Waals surface area contributed by atoms with E-state index in [1.807, 2.05) is 12.1 Å².